The van der Waals surface area contributed by atoms with E-state index in [4.69, 9.17) is 10.5 Å². The third-order valence-corrected chi connectivity index (χ3v) is 5.33. The van der Waals surface area contributed by atoms with Crippen molar-refractivity contribution in [2.24, 2.45) is 0 Å². The first-order valence-corrected chi connectivity index (χ1v) is 8.61. The summed E-state index contributed by atoms with van der Waals surface area (Å²) in [6, 6.07) is 0.513. The second kappa shape index (κ2) is 6.52. The summed E-state index contributed by atoms with van der Waals surface area (Å²) in [6.07, 6.45) is 6.92. The number of anilines is 2. The Morgan fingerprint density at radius 2 is 2.21 bits per heavy atom. The molecule has 1 aromatic heterocycles. The van der Waals surface area contributed by atoms with Crippen molar-refractivity contribution in [3.63, 3.8) is 0 Å². The molecule has 0 unspecified atom stereocenters. The summed E-state index contributed by atoms with van der Waals surface area (Å²) < 4.78 is 5.05. The highest BCUT2D eigenvalue weighted by Gasteiger charge is 2.24. The summed E-state index contributed by atoms with van der Waals surface area (Å²) in [5.41, 5.74) is 6.62. The summed E-state index contributed by atoms with van der Waals surface area (Å²) in [4.78, 5) is 13.3. The predicted molar refractivity (Wildman–Crippen MR) is 82.3 cm³/mol. The molecule has 0 bridgehead atoms. The first kappa shape index (κ1) is 14.5. The van der Waals surface area contributed by atoms with Gasteiger partial charge in [0.1, 0.15) is 9.88 Å². The van der Waals surface area contributed by atoms with Crippen LogP contribution in [0, 0.1) is 0 Å². The molecule has 0 spiro atoms. The van der Waals surface area contributed by atoms with Crippen LogP contribution in [0.25, 0.3) is 0 Å². The molecule has 3 N–H and O–H groups in total. The number of hydrogen-bond acceptors (Lipinski definition) is 6. The molecule has 19 heavy (non-hydrogen) atoms. The molecule has 0 aliphatic heterocycles. The summed E-state index contributed by atoms with van der Waals surface area (Å²) >= 11 is 2.99. The van der Waals surface area contributed by atoms with Gasteiger partial charge >= 0.3 is 5.97 Å². The smallest absolute Gasteiger partial charge is 0.350 e. The van der Waals surface area contributed by atoms with Gasteiger partial charge in [0.2, 0.25) is 0 Å². The number of thiophene rings is 1. The van der Waals surface area contributed by atoms with Crippen molar-refractivity contribution in [1.29, 1.82) is 0 Å². The Morgan fingerprint density at radius 1 is 1.53 bits per heavy atom. The molecule has 0 saturated heterocycles. The number of nitrogens with two attached hydrogens (primary N) is 1. The van der Waals surface area contributed by atoms with E-state index in [1.165, 1.54) is 37.0 Å². The molecule has 1 aliphatic carbocycles. The Hall–Kier alpha value is -0.880. The van der Waals surface area contributed by atoms with Crippen molar-refractivity contribution in [2.75, 3.05) is 23.9 Å². The van der Waals surface area contributed by atoms with Crippen LogP contribution >= 0.6 is 23.1 Å². The van der Waals surface area contributed by atoms with E-state index in [9.17, 15) is 4.79 Å². The van der Waals surface area contributed by atoms with Crippen LogP contribution in [0.3, 0.4) is 0 Å². The molecule has 0 radical (unpaired) electrons. The molecule has 0 atom stereocenters. The Balaban J connectivity index is 2.22. The van der Waals surface area contributed by atoms with Crippen LogP contribution < -0.4 is 11.1 Å². The van der Waals surface area contributed by atoms with Crippen LogP contribution in [0.2, 0.25) is 0 Å². The van der Waals surface area contributed by atoms with Crippen LogP contribution in [-0.4, -0.2) is 24.9 Å². The lowest BCUT2D eigenvalue weighted by molar-refractivity contribution is 0.0533. The van der Waals surface area contributed by atoms with Crippen LogP contribution in [0.1, 0.15) is 42.3 Å². The molecular formula is C13H20N2O2S2. The summed E-state index contributed by atoms with van der Waals surface area (Å²) in [7, 11) is 0. The van der Waals surface area contributed by atoms with E-state index < -0.39 is 0 Å². The molecule has 1 fully saturated rings. The van der Waals surface area contributed by atoms with Crippen LogP contribution in [0.15, 0.2) is 4.90 Å². The minimum absolute atomic E-state index is 0.320. The highest BCUT2D eigenvalue weighted by atomic mass is 32.2. The third-order valence-electron chi connectivity index (χ3n) is 3.25. The Kier molecular flexibility index (Phi) is 4.99. The maximum atomic E-state index is 11.9. The lowest BCUT2D eigenvalue weighted by Crippen LogP contribution is -2.13. The first-order chi connectivity index (χ1) is 9.17. The number of esters is 1. The number of carbonyl (C=O) groups is 1. The highest BCUT2D eigenvalue weighted by molar-refractivity contribution is 7.99. The Bertz CT molecular complexity index is 454. The highest BCUT2D eigenvalue weighted by Crippen LogP contribution is 2.43. The lowest BCUT2D eigenvalue weighted by Gasteiger charge is -2.12. The minimum Gasteiger partial charge on any atom is -0.462 e. The summed E-state index contributed by atoms with van der Waals surface area (Å²) in [6.45, 7) is 2.17. The van der Waals surface area contributed by atoms with Gasteiger partial charge in [0.15, 0.2) is 0 Å². The second-order valence-corrected chi connectivity index (χ2v) is 6.39. The number of hydrogen-bond donors (Lipinski definition) is 2. The van der Waals surface area contributed by atoms with Gasteiger partial charge in [0.25, 0.3) is 0 Å². The van der Waals surface area contributed by atoms with Gasteiger partial charge in [-0.2, -0.15) is 0 Å². The van der Waals surface area contributed by atoms with Crippen molar-refractivity contribution < 1.29 is 9.53 Å². The predicted octanol–water partition coefficient (Wildman–Crippen LogP) is 3.58. The van der Waals surface area contributed by atoms with Gasteiger partial charge in [-0.25, -0.2) is 4.79 Å². The second-order valence-electron chi connectivity index (χ2n) is 4.55. The molecule has 0 amide bonds. The number of carbonyl (C=O) groups excluding carboxylic acids is 1. The van der Waals surface area contributed by atoms with Gasteiger partial charge in [0, 0.05) is 6.04 Å². The number of rotatable bonds is 5. The standard InChI is InChI=1S/C13H20N2O2S2/c1-3-17-13(16)11-9(14)10(18-2)12(19-11)15-8-6-4-5-7-8/h8,15H,3-7,14H2,1-2H3. The van der Waals surface area contributed by atoms with E-state index in [0.717, 1.165) is 9.90 Å². The summed E-state index contributed by atoms with van der Waals surface area (Å²) in [5, 5.41) is 4.54. The molecular weight excluding hydrogens is 280 g/mol. The van der Waals surface area contributed by atoms with E-state index in [-0.39, 0.29) is 5.97 Å². The number of nitrogen functional groups attached to an aromatic ring is 1. The zero-order valence-corrected chi connectivity index (χ0v) is 13.0. The fourth-order valence-corrected chi connectivity index (χ4v) is 4.32. The molecule has 6 heteroatoms. The van der Waals surface area contributed by atoms with Crippen molar-refractivity contribution in [3.8, 4) is 0 Å². The van der Waals surface area contributed by atoms with Gasteiger partial charge in [-0.05, 0) is 26.0 Å². The maximum absolute atomic E-state index is 11.9. The molecule has 1 aromatic rings. The topological polar surface area (TPSA) is 64.3 Å². The zero-order chi connectivity index (χ0) is 13.8. The van der Waals surface area contributed by atoms with Gasteiger partial charge in [-0.15, -0.1) is 23.1 Å². The molecule has 1 saturated carbocycles. The minimum atomic E-state index is -0.320. The molecule has 0 aromatic carbocycles. The number of nitrogens with one attached hydrogen (secondary N) is 1. The molecule has 106 valence electrons. The number of ether oxygens (including phenoxy) is 1. The van der Waals surface area contributed by atoms with Crippen molar-refractivity contribution in [1.82, 2.24) is 0 Å². The normalized spacial score (nSPS) is 15.7. The fraction of sp³-hybridized carbons (Fsp3) is 0.615. The van der Waals surface area contributed by atoms with E-state index in [0.29, 0.717) is 23.2 Å². The molecule has 2 rings (SSSR count). The van der Waals surface area contributed by atoms with Gasteiger partial charge in [-0.1, -0.05) is 12.8 Å². The largest absolute Gasteiger partial charge is 0.462 e. The number of thioether (sulfide) groups is 1. The van der Waals surface area contributed by atoms with Gasteiger partial charge < -0.3 is 15.8 Å². The monoisotopic (exact) mass is 300 g/mol. The summed E-state index contributed by atoms with van der Waals surface area (Å²) in [5.74, 6) is -0.320. The van der Waals surface area contributed by atoms with Gasteiger partial charge in [-0.3, -0.25) is 0 Å². The van der Waals surface area contributed by atoms with Crippen molar-refractivity contribution in [2.45, 2.75) is 43.5 Å². The zero-order valence-electron chi connectivity index (χ0n) is 11.3. The fourth-order valence-electron chi connectivity index (χ4n) is 2.33. The van der Waals surface area contributed by atoms with E-state index >= 15 is 0 Å². The van der Waals surface area contributed by atoms with Crippen LogP contribution in [-0.2, 0) is 4.74 Å². The third kappa shape index (κ3) is 3.17. The molecule has 1 heterocycles. The molecule has 1 aliphatic rings. The average molecular weight is 300 g/mol. The maximum Gasteiger partial charge on any atom is 0.350 e. The quantitative estimate of drug-likeness (QED) is 0.643. The van der Waals surface area contributed by atoms with E-state index in [1.807, 2.05) is 6.26 Å². The first-order valence-electron chi connectivity index (χ1n) is 6.57. The Morgan fingerprint density at radius 3 is 2.79 bits per heavy atom. The SMILES string of the molecule is CCOC(=O)c1sc(NC2CCCC2)c(SC)c1N. The van der Waals surface area contributed by atoms with E-state index in [2.05, 4.69) is 5.32 Å². The van der Waals surface area contributed by atoms with Crippen LogP contribution in [0.5, 0.6) is 0 Å². The van der Waals surface area contributed by atoms with Crippen molar-refractivity contribution in [3.05, 3.63) is 4.88 Å². The average Bonchev–Trinajstić information content (AvgIpc) is 2.98. The van der Waals surface area contributed by atoms with E-state index in [1.54, 1.807) is 18.7 Å². The molecule has 4 nitrogen and oxygen atoms in total. The van der Waals surface area contributed by atoms with Gasteiger partial charge in [0.05, 0.1) is 17.2 Å². The Labute approximate surface area is 122 Å². The lowest BCUT2D eigenvalue weighted by atomic mass is 10.2. The van der Waals surface area contributed by atoms with Crippen molar-refractivity contribution >= 4 is 39.8 Å². The van der Waals surface area contributed by atoms with Crippen LogP contribution in [0.4, 0.5) is 10.7 Å².